The molecule has 1 amide bonds. The van der Waals surface area contributed by atoms with Gasteiger partial charge in [0.05, 0.1) is 0 Å². The Hall–Kier alpha value is -1.31. The van der Waals surface area contributed by atoms with Crippen LogP contribution < -0.4 is 5.32 Å². The van der Waals surface area contributed by atoms with Crippen LogP contribution >= 0.6 is 0 Å². The second kappa shape index (κ2) is 6.92. The Morgan fingerprint density at radius 3 is 2.90 bits per heavy atom. The second-order valence-corrected chi connectivity index (χ2v) is 6.21. The van der Waals surface area contributed by atoms with Gasteiger partial charge in [0.15, 0.2) is 0 Å². The van der Waals surface area contributed by atoms with Gasteiger partial charge in [-0.2, -0.15) is 0 Å². The van der Waals surface area contributed by atoms with Crippen molar-refractivity contribution in [1.29, 1.82) is 0 Å². The van der Waals surface area contributed by atoms with Crippen LogP contribution in [0.2, 0.25) is 0 Å². The highest BCUT2D eigenvalue weighted by molar-refractivity contribution is 5.77. The molecule has 2 heteroatoms. The summed E-state index contributed by atoms with van der Waals surface area (Å²) in [7, 11) is 0. The average Bonchev–Trinajstić information content (AvgIpc) is 2.46. The molecule has 20 heavy (non-hydrogen) atoms. The Morgan fingerprint density at radius 1 is 1.40 bits per heavy atom. The number of aryl methyl sites for hydroxylation is 2. The van der Waals surface area contributed by atoms with Gasteiger partial charge < -0.3 is 5.32 Å². The highest BCUT2D eigenvalue weighted by atomic mass is 16.1. The van der Waals surface area contributed by atoms with E-state index in [1.54, 1.807) is 0 Å². The van der Waals surface area contributed by atoms with Crippen LogP contribution in [0.3, 0.4) is 0 Å². The van der Waals surface area contributed by atoms with Gasteiger partial charge in [-0.1, -0.05) is 39.0 Å². The van der Waals surface area contributed by atoms with Crippen LogP contribution in [-0.2, 0) is 17.6 Å². The maximum absolute atomic E-state index is 11.6. The minimum Gasteiger partial charge on any atom is -0.356 e. The van der Waals surface area contributed by atoms with E-state index in [0.717, 1.165) is 19.4 Å². The van der Waals surface area contributed by atoms with E-state index >= 15 is 0 Å². The van der Waals surface area contributed by atoms with E-state index in [4.69, 9.17) is 0 Å². The maximum atomic E-state index is 11.6. The summed E-state index contributed by atoms with van der Waals surface area (Å²) >= 11 is 0. The molecule has 2 rings (SSSR count). The van der Waals surface area contributed by atoms with E-state index in [1.807, 2.05) is 13.8 Å². The van der Waals surface area contributed by atoms with Crippen molar-refractivity contribution in [3.63, 3.8) is 0 Å². The van der Waals surface area contributed by atoms with Gasteiger partial charge in [-0.3, -0.25) is 4.79 Å². The molecule has 0 bridgehead atoms. The van der Waals surface area contributed by atoms with Crippen LogP contribution in [0.1, 0.15) is 62.6 Å². The standard InChI is InChI=1S/C18H27NO/c1-4-14-8-9-15-6-5-7-16(17(15)12-14)10-11-19-18(20)13(2)3/h8-9,12-13,16H,4-7,10-11H2,1-3H3,(H,19,20). The molecule has 0 spiro atoms. The lowest BCUT2D eigenvalue weighted by Crippen LogP contribution is -2.29. The Morgan fingerprint density at radius 2 is 2.20 bits per heavy atom. The van der Waals surface area contributed by atoms with Gasteiger partial charge in [0.25, 0.3) is 0 Å². The predicted molar refractivity (Wildman–Crippen MR) is 84.0 cm³/mol. The van der Waals surface area contributed by atoms with Gasteiger partial charge in [-0.25, -0.2) is 0 Å². The third-order valence-electron chi connectivity index (χ3n) is 4.37. The van der Waals surface area contributed by atoms with Crippen LogP contribution in [-0.4, -0.2) is 12.5 Å². The molecule has 0 aliphatic heterocycles. The van der Waals surface area contributed by atoms with Crippen molar-refractivity contribution >= 4 is 5.91 Å². The molecule has 1 aromatic carbocycles. The van der Waals surface area contributed by atoms with Crippen molar-refractivity contribution in [2.75, 3.05) is 6.54 Å². The fraction of sp³-hybridized carbons (Fsp3) is 0.611. The van der Waals surface area contributed by atoms with Gasteiger partial charge >= 0.3 is 0 Å². The minimum atomic E-state index is 0.0836. The lowest BCUT2D eigenvalue weighted by Gasteiger charge is -2.26. The minimum absolute atomic E-state index is 0.0836. The summed E-state index contributed by atoms with van der Waals surface area (Å²) in [5.41, 5.74) is 4.49. The van der Waals surface area contributed by atoms with Gasteiger partial charge in [0, 0.05) is 12.5 Å². The van der Waals surface area contributed by atoms with E-state index in [2.05, 4.69) is 30.4 Å². The monoisotopic (exact) mass is 273 g/mol. The Labute approximate surface area is 123 Å². The quantitative estimate of drug-likeness (QED) is 0.868. The Bertz CT molecular complexity index is 464. The van der Waals surface area contributed by atoms with E-state index in [-0.39, 0.29) is 11.8 Å². The van der Waals surface area contributed by atoms with Crippen LogP contribution in [0.4, 0.5) is 0 Å². The zero-order valence-electron chi connectivity index (χ0n) is 13.0. The van der Waals surface area contributed by atoms with Crippen LogP contribution in [0.5, 0.6) is 0 Å². The first-order valence-corrected chi connectivity index (χ1v) is 8.01. The van der Waals surface area contributed by atoms with Crippen molar-refractivity contribution in [3.05, 3.63) is 34.9 Å². The molecule has 0 fully saturated rings. The molecule has 1 aliphatic carbocycles. The highest BCUT2D eigenvalue weighted by Crippen LogP contribution is 2.34. The summed E-state index contributed by atoms with van der Waals surface area (Å²) < 4.78 is 0. The summed E-state index contributed by atoms with van der Waals surface area (Å²) in [6.45, 7) is 6.90. The lowest BCUT2D eigenvalue weighted by molar-refractivity contribution is -0.123. The predicted octanol–water partition coefficient (Wildman–Crippen LogP) is 3.83. The molecule has 110 valence electrons. The number of fused-ring (bicyclic) bond motifs is 1. The fourth-order valence-electron chi connectivity index (χ4n) is 3.04. The van der Waals surface area contributed by atoms with Gasteiger partial charge in [-0.15, -0.1) is 0 Å². The van der Waals surface area contributed by atoms with Crippen molar-refractivity contribution in [2.45, 2.75) is 58.8 Å². The van der Waals surface area contributed by atoms with E-state index in [0.29, 0.717) is 5.92 Å². The summed E-state index contributed by atoms with van der Waals surface area (Å²) in [6, 6.07) is 6.97. The highest BCUT2D eigenvalue weighted by Gasteiger charge is 2.20. The number of hydrogen-bond acceptors (Lipinski definition) is 1. The van der Waals surface area contributed by atoms with Crippen molar-refractivity contribution in [3.8, 4) is 0 Å². The fourth-order valence-corrected chi connectivity index (χ4v) is 3.04. The van der Waals surface area contributed by atoms with Crippen molar-refractivity contribution < 1.29 is 4.79 Å². The Balaban J connectivity index is 1.99. The topological polar surface area (TPSA) is 29.1 Å². The molecule has 1 aromatic rings. The summed E-state index contributed by atoms with van der Waals surface area (Å²) in [5.74, 6) is 0.876. The molecule has 0 radical (unpaired) electrons. The number of nitrogens with one attached hydrogen (secondary N) is 1. The van der Waals surface area contributed by atoms with E-state index in [1.165, 1.54) is 36.0 Å². The zero-order valence-corrected chi connectivity index (χ0v) is 13.0. The summed E-state index contributed by atoms with van der Waals surface area (Å²) in [4.78, 5) is 11.6. The van der Waals surface area contributed by atoms with Crippen LogP contribution in [0, 0.1) is 5.92 Å². The molecule has 1 atom stereocenters. The number of benzene rings is 1. The average molecular weight is 273 g/mol. The van der Waals surface area contributed by atoms with E-state index < -0.39 is 0 Å². The second-order valence-electron chi connectivity index (χ2n) is 6.21. The van der Waals surface area contributed by atoms with Crippen LogP contribution in [0.15, 0.2) is 18.2 Å². The largest absolute Gasteiger partial charge is 0.356 e. The van der Waals surface area contributed by atoms with Crippen molar-refractivity contribution in [2.24, 2.45) is 5.92 Å². The molecular formula is C18H27NO. The molecule has 0 aromatic heterocycles. The number of amides is 1. The summed E-state index contributed by atoms with van der Waals surface area (Å²) in [6.07, 6.45) is 5.93. The molecule has 1 aliphatic rings. The lowest BCUT2D eigenvalue weighted by atomic mass is 9.80. The number of rotatable bonds is 5. The normalized spacial score (nSPS) is 17.9. The molecular weight excluding hydrogens is 246 g/mol. The first-order chi connectivity index (χ1) is 9.61. The Kier molecular flexibility index (Phi) is 5.22. The smallest absolute Gasteiger partial charge is 0.222 e. The number of carbonyl (C=O) groups is 1. The molecule has 0 saturated carbocycles. The van der Waals surface area contributed by atoms with Crippen LogP contribution in [0.25, 0.3) is 0 Å². The first-order valence-electron chi connectivity index (χ1n) is 8.01. The molecule has 0 saturated heterocycles. The molecule has 2 nitrogen and oxygen atoms in total. The summed E-state index contributed by atoms with van der Waals surface area (Å²) in [5, 5.41) is 3.05. The number of hydrogen-bond donors (Lipinski definition) is 1. The van der Waals surface area contributed by atoms with Crippen molar-refractivity contribution in [1.82, 2.24) is 5.32 Å². The molecule has 0 heterocycles. The van der Waals surface area contributed by atoms with Gasteiger partial charge in [-0.05, 0) is 54.7 Å². The zero-order chi connectivity index (χ0) is 14.5. The SMILES string of the molecule is CCc1ccc2c(c1)C(CCNC(=O)C(C)C)CCC2. The third kappa shape index (κ3) is 3.62. The maximum Gasteiger partial charge on any atom is 0.222 e. The molecule has 1 N–H and O–H groups in total. The molecule has 1 unspecified atom stereocenters. The third-order valence-corrected chi connectivity index (χ3v) is 4.37. The van der Waals surface area contributed by atoms with E-state index in [9.17, 15) is 4.79 Å². The van der Waals surface area contributed by atoms with Gasteiger partial charge in [0.1, 0.15) is 0 Å². The van der Waals surface area contributed by atoms with Gasteiger partial charge in [0.2, 0.25) is 5.91 Å². The number of carbonyl (C=O) groups excluding carboxylic acids is 1. The first kappa shape index (κ1) is 15.1.